The van der Waals surface area contributed by atoms with Gasteiger partial charge in [0.25, 0.3) is 5.91 Å². The van der Waals surface area contributed by atoms with Crippen LogP contribution in [0.25, 0.3) is 22.5 Å². The third-order valence-corrected chi connectivity index (χ3v) is 8.75. The van der Waals surface area contributed by atoms with Gasteiger partial charge in [-0.05, 0) is 37.8 Å². The lowest BCUT2D eigenvalue weighted by Crippen LogP contribution is -2.51. The molecule has 1 aromatic carbocycles. The van der Waals surface area contributed by atoms with E-state index in [1.54, 1.807) is 38.3 Å². The number of sulfone groups is 1. The number of ether oxygens (including phenoxy) is 2. The van der Waals surface area contributed by atoms with Gasteiger partial charge in [0.2, 0.25) is 0 Å². The van der Waals surface area contributed by atoms with Gasteiger partial charge in [-0.3, -0.25) is 4.79 Å². The summed E-state index contributed by atoms with van der Waals surface area (Å²) >= 11 is 0. The quantitative estimate of drug-likeness (QED) is 0.295. The van der Waals surface area contributed by atoms with Crippen molar-refractivity contribution in [2.24, 2.45) is 0 Å². The number of anilines is 1. The molecule has 0 spiro atoms. The number of nitrogen functional groups attached to an aromatic ring is 1. The molecule has 13 heteroatoms. The monoisotopic (exact) mass is 581 g/mol. The van der Waals surface area contributed by atoms with Crippen LogP contribution < -0.4 is 5.73 Å². The minimum Gasteiger partial charge on any atom is -0.382 e. The molecule has 0 saturated heterocycles. The molecule has 12 nitrogen and oxygen atoms in total. The van der Waals surface area contributed by atoms with Gasteiger partial charge in [-0.25, -0.2) is 18.1 Å². The van der Waals surface area contributed by atoms with Crippen LogP contribution in [-0.2, 0) is 24.1 Å². The van der Waals surface area contributed by atoms with Crippen LogP contribution in [-0.4, -0.2) is 89.9 Å². The van der Waals surface area contributed by atoms with Gasteiger partial charge in [0, 0.05) is 50.7 Å². The highest BCUT2D eigenvalue weighted by Crippen LogP contribution is 2.43. The van der Waals surface area contributed by atoms with Crippen molar-refractivity contribution in [3.8, 4) is 16.8 Å². The Morgan fingerprint density at radius 2 is 1.83 bits per heavy atom. The van der Waals surface area contributed by atoms with Crippen molar-refractivity contribution < 1.29 is 22.7 Å². The lowest BCUT2D eigenvalue weighted by molar-refractivity contribution is -0.163. The summed E-state index contributed by atoms with van der Waals surface area (Å²) in [4.78, 5) is 19.6. The zero-order valence-electron chi connectivity index (χ0n) is 23.6. The normalized spacial score (nSPS) is 19.5. The molecule has 5 rings (SSSR count). The van der Waals surface area contributed by atoms with Gasteiger partial charge in [-0.2, -0.15) is 14.7 Å². The van der Waals surface area contributed by atoms with Gasteiger partial charge in [-0.15, -0.1) is 0 Å². The molecule has 3 heterocycles. The summed E-state index contributed by atoms with van der Waals surface area (Å²) in [6.07, 6.45) is 8.13. The van der Waals surface area contributed by atoms with E-state index in [2.05, 4.69) is 10.2 Å². The Bertz CT molecular complexity index is 1660. The third-order valence-electron chi connectivity index (χ3n) is 7.59. The number of carbonyl (C=O) groups excluding carboxylic acids is 1. The summed E-state index contributed by atoms with van der Waals surface area (Å²) < 4.78 is 40.4. The molecule has 0 aliphatic heterocycles. The van der Waals surface area contributed by atoms with Gasteiger partial charge >= 0.3 is 0 Å². The number of aromatic nitrogens is 5. The number of carbonyl (C=O) groups is 1. The molecule has 1 aliphatic carbocycles. The molecule has 4 aromatic rings. The lowest BCUT2D eigenvalue weighted by Gasteiger charge is -2.40. The second kappa shape index (κ2) is 11.2. The number of methoxy groups -OCH3 is 1. The van der Waals surface area contributed by atoms with Crippen molar-refractivity contribution in [2.45, 2.75) is 42.1 Å². The number of likely N-dealkylation sites (N-methyl/N-ethyl adjacent to an activating group) is 1. The Kier molecular flexibility index (Phi) is 7.86. The minimum atomic E-state index is -3.76. The Morgan fingerprint density at radius 3 is 2.46 bits per heavy atom. The molecule has 1 aliphatic rings. The molecular formula is C28H35N7O5S. The first kappa shape index (κ1) is 28.7. The van der Waals surface area contributed by atoms with E-state index in [-0.39, 0.29) is 29.1 Å². The van der Waals surface area contributed by atoms with Crippen molar-refractivity contribution in [1.29, 1.82) is 0 Å². The highest BCUT2D eigenvalue weighted by molar-refractivity contribution is 7.91. The molecule has 0 unspecified atom stereocenters. The number of hydrogen-bond acceptors (Lipinski definition) is 9. The fourth-order valence-electron chi connectivity index (χ4n) is 5.57. The second-order valence-corrected chi connectivity index (χ2v) is 12.5. The average molecular weight is 582 g/mol. The molecular weight excluding hydrogens is 546 g/mol. The molecule has 2 N–H and O–H groups in total. The van der Waals surface area contributed by atoms with E-state index in [4.69, 9.17) is 20.2 Å². The van der Waals surface area contributed by atoms with Crippen LogP contribution in [0.5, 0.6) is 0 Å². The first-order valence-corrected chi connectivity index (χ1v) is 15.3. The van der Waals surface area contributed by atoms with Crippen LogP contribution in [0.1, 0.15) is 37.3 Å². The summed E-state index contributed by atoms with van der Waals surface area (Å²) in [5.41, 5.74) is 8.64. The third kappa shape index (κ3) is 5.44. The van der Waals surface area contributed by atoms with Crippen LogP contribution in [0.15, 0.2) is 53.8 Å². The highest BCUT2D eigenvalue weighted by atomic mass is 32.2. The van der Waals surface area contributed by atoms with E-state index in [1.807, 2.05) is 36.5 Å². The van der Waals surface area contributed by atoms with Crippen molar-refractivity contribution >= 4 is 27.2 Å². The molecule has 1 saturated carbocycles. The smallest absolute Gasteiger partial charge is 0.254 e. The van der Waals surface area contributed by atoms with E-state index in [9.17, 15) is 13.2 Å². The predicted octanol–water partition coefficient (Wildman–Crippen LogP) is 2.72. The Hall–Kier alpha value is -3.81. The standard InChI is InChI=1S/C28H35N7O5S/c1-33(2)27(36)28(40-15-14-39-3)12-10-19(11-13-28)23-24(41(4,37)38)25(29)35-26(32-23)22(17-31-35)20-16-30-34(18-20)21-8-6-5-7-9-21/h5-9,16-19H,10-15,29H2,1-4H3/t19-,28+. The summed E-state index contributed by atoms with van der Waals surface area (Å²) in [6.45, 7) is 0.645. The number of fused-ring (bicyclic) bond motifs is 1. The minimum absolute atomic E-state index is 0.00625. The van der Waals surface area contributed by atoms with Crippen molar-refractivity contribution in [3.05, 3.63) is 54.6 Å². The molecule has 1 amide bonds. The molecule has 0 radical (unpaired) electrons. The van der Waals surface area contributed by atoms with E-state index >= 15 is 0 Å². The lowest BCUT2D eigenvalue weighted by atomic mass is 9.76. The number of nitrogens with zero attached hydrogens (tertiary/aromatic N) is 6. The molecule has 3 aromatic heterocycles. The number of para-hydroxylation sites is 1. The number of nitrogens with two attached hydrogens (primary N) is 1. The van der Waals surface area contributed by atoms with Gasteiger partial charge in [0.05, 0.1) is 37.0 Å². The molecule has 0 atom stereocenters. The van der Waals surface area contributed by atoms with Crippen molar-refractivity contribution in [3.63, 3.8) is 0 Å². The summed E-state index contributed by atoms with van der Waals surface area (Å²) in [6, 6.07) is 9.69. The van der Waals surface area contributed by atoms with Crippen LogP contribution >= 0.6 is 0 Å². The first-order valence-electron chi connectivity index (χ1n) is 13.4. The highest BCUT2D eigenvalue weighted by Gasteiger charge is 2.45. The first-order chi connectivity index (χ1) is 19.6. The molecule has 41 heavy (non-hydrogen) atoms. The zero-order valence-corrected chi connectivity index (χ0v) is 24.5. The summed E-state index contributed by atoms with van der Waals surface area (Å²) in [5, 5.41) is 8.87. The van der Waals surface area contributed by atoms with Crippen molar-refractivity contribution in [1.82, 2.24) is 29.3 Å². The Labute approximate surface area is 239 Å². The fraction of sp³-hybridized carbons (Fsp3) is 0.429. The Morgan fingerprint density at radius 1 is 1.12 bits per heavy atom. The molecule has 0 bridgehead atoms. The van der Waals surface area contributed by atoms with Gasteiger partial charge in [-0.1, -0.05) is 18.2 Å². The van der Waals surface area contributed by atoms with Crippen LogP contribution in [0.3, 0.4) is 0 Å². The maximum Gasteiger partial charge on any atom is 0.254 e. The van der Waals surface area contributed by atoms with E-state index < -0.39 is 15.4 Å². The van der Waals surface area contributed by atoms with E-state index in [1.165, 1.54) is 9.42 Å². The molecule has 1 fully saturated rings. The second-order valence-electron chi connectivity index (χ2n) is 10.6. The number of rotatable bonds is 9. The summed E-state index contributed by atoms with van der Waals surface area (Å²) in [7, 11) is 1.23. The van der Waals surface area contributed by atoms with Gasteiger partial charge < -0.3 is 20.1 Å². The number of hydrogen-bond donors (Lipinski definition) is 1. The number of benzene rings is 1. The maximum absolute atomic E-state index is 13.2. The van der Waals surface area contributed by atoms with Crippen LogP contribution in [0.2, 0.25) is 0 Å². The maximum atomic E-state index is 13.2. The Balaban J connectivity index is 1.54. The number of amides is 1. The fourth-order valence-corrected chi connectivity index (χ4v) is 6.63. The van der Waals surface area contributed by atoms with E-state index in [0.717, 1.165) is 17.5 Å². The van der Waals surface area contributed by atoms with Gasteiger partial charge in [0.1, 0.15) is 16.3 Å². The average Bonchev–Trinajstić information content (AvgIpc) is 3.60. The van der Waals surface area contributed by atoms with Gasteiger partial charge in [0.15, 0.2) is 15.5 Å². The predicted molar refractivity (Wildman–Crippen MR) is 154 cm³/mol. The molecule has 218 valence electrons. The SMILES string of the molecule is COCCO[C@]1(C(=O)N(C)C)CC[C@H](c2nc3c(-c4cnn(-c5ccccc5)c4)cnn3c(N)c2S(C)(=O)=O)CC1. The van der Waals surface area contributed by atoms with Crippen LogP contribution in [0, 0.1) is 0 Å². The van der Waals surface area contributed by atoms with Crippen LogP contribution in [0.4, 0.5) is 5.82 Å². The summed E-state index contributed by atoms with van der Waals surface area (Å²) in [5.74, 6) is -0.366. The zero-order chi connectivity index (χ0) is 29.4. The largest absolute Gasteiger partial charge is 0.382 e. The van der Waals surface area contributed by atoms with Crippen molar-refractivity contribution in [2.75, 3.05) is 46.4 Å². The topological polar surface area (TPSA) is 147 Å². The van der Waals surface area contributed by atoms with E-state index in [0.29, 0.717) is 49.2 Å².